The molecule has 1 N–H and O–H groups in total. The van der Waals surface area contributed by atoms with Gasteiger partial charge in [0.15, 0.2) is 5.92 Å². The molecule has 0 aliphatic carbocycles. The number of hydrogen-bond donors (Lipinski definition) is 1. The molecule has 0 saturated carbocycles. The summed E-state index contributed by atoms with van der Waals surface area (Å²) in [5.41, 5.74) is -0.143. The summed E-state index contributed by atoms with van der Waals surface area (Å²) in [6.45, 7) is 1.68. The largest absolute Gasteiger partial charge is 0.402 e. The van der Waals surface area contributed by atoms with Crippen LogP contribution in [0.15, 0.2) is 24.3 Å². The molecule has 8 heteroatoms. The summed E-state index contributed by atoms with van der Waals surface area (Å²) in [7, 11) is 0. The molecular weight excluding hydrogens is 320 g/mol. The van der Waals surface area contributed by atoms with Gasteiger partial charge in [-0.05, 0) is 30.7 Å². The van der Waals surface area contributed by atoms with Crippen molar-refractivity contribution in [1.29, 1.82) is 0 Å². The quantitative estimate of drug-likeness (QED) is 0.737. The van der Waals surface area contributed by atoms with E-state index in [1.807, 2.05) is 0 Å². The maximum Gasteiger partial charge on any atom is 0.402 e. The van der Waals surface area contributed by atoms with Crippen LogP contribution in [0.3, 0.4) is 0 Å². The molecule has 1 aromatic rings. The third-order valence-electron chi connectivity index (χ3n) is 2.86. The lowest BCUT2D eigenvalue weighted by molar-refractivity contribution is -0.292. The Labute approximate surface area is 123 Å². The van der Waals surface area contributed by atoms with E-state index in [2.05, 4.69) is 5.32 Å². The second kappa shape index (κ2) is 6.87. The maximum atomic E-state index is 12.9. The van der Waals surface area contributed by atoms with Crippen LogP contribution in [-0.4, -0.2) is 18.9 Å². The zero-order chi connectivity index (χ0) is 16.3. The van der Waals surface area contributed by atoms with Gasteiger partial charge in [-0.3, -0.25) is 0 Å². The third-order valence-corrected chi connectivity index (χ3v) is 3.10. The number of hydrogen-bond acceptors (Lipinski definition) is 1. The van der Waals surface area contributed by atoms with Crippen molar-refractivity contribution in [3.63, 3.8) is 0 Å². The zero-order valence-corrected chi connectivity index (χ0v) is 11.8. The highest BCUT2D eigenvalue weighted by Gasteiger charge is 2.60. The van der Waals surface area contributed by atoms with E-state index >= 15 is 0 Å². The Bertz CT molecular complexity index is 443. The first-order valence-corrected chi connectivity index (χ1v) is 6.57. The van der Waals surface area contributed by atoms with E-state index in [1.54, 1.807) is 6.92 Å². The summed E-state index contributed by atoms with van der Waals surface area (Å²) in [5, 5.41) is 2.41. The van der Waals surface area contributed by atoms with Crippen molar-refractivity contribution in [2.75, 3.05) is 6.54 Å². The van der Waals surface area contributed by atoms with Gasteiger partial charge in [0.1, 0.15) is 0 Å². The Morgan fingerprint density at radius 1 is 1.10 bits per heavy atom. The highest BCUT2D eigenvalue weighted by atomic mass is 35.5. The molecule has 1 rings (SSSR count). The van der Waals surface area contributed by atoms with E-state index in [9.17, 15) is 26.3 Å². The second-order valence-electron chi connectivity index (χ2n) is 4.55. The van der Waals surface area contributed by atoms with E-state index in [1.165, 1.54) is 18.2 Å². The van der Waals surface area contributed by atoms with Gasteiger partial charge in [-0.2, -0.15) is 26.3 Å². The molecule has 0 spiro atoms. The minimum atomic E-state index is -5.41. The molecule has 120 valence electrons. The highest BCUT2D eigenvalue weighted by Crippen LogP contribution is 2.46. The molecule has 1 atom stereocenters. The standard InChI is InChI=1S/C13H14ClF6N/c1-2-6-21-10(8-4-3-5-9(14)7-8)11(12(15,16)17)13(18,19)20/h3-5,7,10-11,21H,2,6H2,1H3. The van der Waals surface area contributed by atoms with Gasteiger partial charge in [0.25, 0.3) is 0 Å². The van der Waals surface area contributed by atoms with Crippen molar-refractivity contribution in [2.24, 2.45) is 5.92 Å². The van der Waals surface area contributed by atoms with Crippen molar-refractivity contribution >= 4 is 11.6 Å². The molecule has 0 fully saturated rings. The smallest absolute Gasteiger partial charge is 0.309 e. The van der Waals surface area contributed by atoms with Gasteiger partial charge < -0.3 is 5.32 Å². The summed E-state index contributed by atoms with van der Waals surface area (Å²) in [6, 6.07) is 3.09. The van der Waals surface area contributed by atoms with Gasteiger partial charge in [-0.15, -0.1) is 0 Å². The predicted octanol–water partition coefficient (Wildman–Crippen LogP) is 5.12. The zero-order valence-electron chi connectivity index (χ0n) is 11.0. The summed E-state index contributed by atoms with van der Waals surface area (Å²) in [4.78, 5) is 0. The average Bonchev–Trinajstić information content (AvgIpc) is 2.30. The molecule has 0 radical (unpaired) electrons. The van der Waals surface area contributed by atoms with Crippen LogP contribution in [0.1, 0.15) is 24.9 Å². The van der Waals surface area contributed by atoms with E-state index < -0.39 is 24.3 Å². The molecule has 0 heterocycles. The lowest BCUT2D eigenvalue weighted by Crippen LogP contribution is -2.46. The molecule has 1 aromatic carbocycles. The molecule has 21 heavy (non-hydrogen) atoms. The van der Waals surface area contributed by atoms with E-state index in [0.29, 0.717) is 6.42 Å². The fraction of sp³-hybridized carbons (Fsp3) is 0.538. The van der Waals surface area contributed by atoms with Crippen LogP contribution >= 0.6 is 11.6 Å². The molecule has 0 aliphatic rings. The summed E-state index contributed by atoms with van der Waals surface area (Å²) < 4.78 is 77.3. The van der Waals surface area contributed by atoms with Crippen molar-refractivity contribution in [2.45, 2.75) is 31.7 Å². The molecule has 1 unspecified atom stereocenters. The number of benzene rings is 1. The normalized spacial score (nSPS) is 14.5. The molecule has 0 aromatic heterocycles. The van der Waals surface area contributed by atoms with Crippen LogP contribution in [0.4, 0.5) is 26.3 Å². The van der Waals surface area contributed by atoms with Gasteiger partial charge >= 0.3 is 12.4 Å². The van der Waals surface area contributed by atoms with Gasteiger partial charge in [0.2, 0.25) is 0 Å². The van der Waals surface area contributed by atoms with E-state index in [0.717, 1.165) is 6.07 Å². The number of rotatable bonds is 5. The van der Waals surface area contributed by atoms with Crippen molar-refractivity contribution in [3.05, 3.63) is 34.9 Å². The minimum Gasteiger partial charge on any atom is -0.309 e. The van der Waals surface area contributed by atoms with Crippen LogP contribution in [-0.2, 0) is 0 Å². The van der Waals surface area contributed by atoms with Crippen LogP contribution in [0.2, 0.25) is 5.02 Å². The number of alkyl halides is 6. The van der Waals surface area contributed by atoms with Crippen LogP contribution in [0.5, 0.6) is 0 Å². The van der Waals surface area contributed by atoms with Crippen molar-refractivity contribution in [1.82, 2.24) is 5.32 Å². The van der Waals surface area contributed by atoms with Gasteiger partial charge in [0, 0.05) is 5.02 Å². The Balaban J connectivity index is 3.27. The first-order chi connectivity index (χ1) is 9.57. The fourth-order valence-electron chi connectivity index (χ4n) is 1.99. The molecule has 0 bridgehead atoms. The lowest BCUT2D eigenvalue weighted by Gasteiger charge is -2.31. The summed E-state index contributed by atoms with van der Waals surface area (Å²) in [5.74, 6) is -3.49. The van der Waals surface area contributed by atoms with Crippen LogP contribution in [0.25, 0.3) is 0 Å². The number of nitrogens with one attached hydrogen (secondary N) is 1. The van der Waals surface area contributed by atoms with Gasteiger partial charge in [-0.1, -0.05) is 30.7 Å². The molecule has 0 saturated heterocycles. The molecule has 1 nitrogen and oxygen atoms in total. The average molecular weight is 334 g/mol. The monoisotopic (exact) mass is 333 g/mol. The Hall–Kier alpha value is -0.950. The topological polar surface area (TPSA) is 12.0 Å². The highest BCUT2D eigenvalue weighted by molar-refractivity contribution is 6.30. The maximum absolute atomic E-state index is 12.9. The predicted molar refractivity (Wildman–Crippen MR) is 68.1 cm³/mol. The minimum absolute atomic E-state index is 0.0276. The van der Waals surface area contributed by atoms with Crippen LogP contribution in [0, 0.1) is 5.92 Å². The first kappa shape index (κ1) is 18.1. The summed E-state index contributed by atoms with van der Waals surface area (Å²) in [6.07, 6.45) is -10.4. The van der Waals surface area contributed by atoms with E-state index in [-0.39, 0.29) is 17.1 Å². The summed E-state index contributed by atoms with van der Waals surface area (Å²) >= 11 is 5.67. The second-order valence-corrected chi connectivity index (χ2v) is 4.98. The molecule has 0 amide bonds. The Kier molecular flexibility index (Phi) is 5.92. The van der Waals surface area contributed by atoms with Crippen molar-refractivity contribution < 1.29 is 26.3 Å². The Morgan fingerprint density at radius 3 is 2.10 bits per heavy atom. The Morgan fingerprint density at radius 2 is 1.67 bits per heavy atom. The van der Waals surface area contributed by atoms with E-state index in [4.69, 9.17) is 11.6 Å². The SMILES string of the molecule is CCCNC(c1cccc(Cl)c1)C(C(F)(F)F)C(F)(F)F. The number of halogens is 7. The van der Waals surface area contributed by atoms with Gasteiger partial charge in [-0.25, -0.2) is 0 Å². The van der Waals surface area contributed by atoms with Crippen LogP contribution < -0.4 is 5.32 Å². The molecular formula is C13H14ClF6N. The third kappa shape index (κ3) is 5.07. The fourth-order valence-corrected chi connectivity index (χ4v) is 2.19. The molecule has 0 aliphatic heterocycles. The first-order valence-electron chi connectivity index (χ1n) is 6.19. The lowest BCUT2D eigenvalue weighted by atomic mass is 9.91. The van der Waals surface area contributed by atoms with Gasteiger partial charge in [0.05, 0.1) is 6.04 Å². The van der Waals surface area contributed by atoms with Crippen molar-refractivity contribution in [3.8, 4) is 0 Å².